The molecule has 1 saturated heterocycles. The van der Waals surface area contributed by atoms with E-state index < -0.39 is 15.9 Å². The molecule has 0 saturated carbocycles. The standard InChI is InChI=1S/C9H16O4S/c1-3-7(2)9(10)13-8-4-5-14(11,12)6-8/h7-8H,3-6H2,1-2H3. The minimum Gasteiger partial charge on any atom is -0.461 e. The van der Waals surface area contributed by atoms with Crippen LogP contribution in [-0.2, 0) is 19.4 Å². The topological polar surface area (TPSA) is 60.4 Å². The zero-order valence-corrected chi connectivity index (χ0v) is 9.34. The number of carbonyl (C=O) groups excluding carboxylic acids is 1. The van der Waals surface area contributed by atoms with Crippen LogP contribution in [0.15, 0.2) is 0 Å². The summed E-state index contributed by atoms with van der Waals surface area (Å²) in [6.45, 7) is 3.68. The summed E-state index contributed by atoms with van der Waals surface area (Å²) in [4.78, 5) is 11.3. The molecule has 0 aromatic carbocycles. The molecule has 14 heavy (non-hydrogen) atoms. The van der Waals surface area contributed by atoms with Crippen LogP contribution in [0, 0.1) is 5.92 Å². The first-order valence-corrected chi connectivity index (χ1v) is 6.67. The van der Waals surface area contributed by atoms with Crippen LogP contribution < -0.4 is 0 Å². The van der Waals surface area contributed by atoms with Crippen molar-refractivity contribution in [3.63, 3.8) is 0 Å². The molecule has 0 spiro atoms. The molecule has 0 aromatic heterocycles. The molecule has 4 nitrogen and oxygen atoms in total. The van der Waals surface area contributed by atoms with Crippen molar-refractivity contribution in [1.29, 1.82) is 0 Å². The SMILES string of the molecule is CCC(C)C(=O)OC1CCS(=O)(=O)C1. The van der Waals surface area contributed by atoms with Gasteiger partial charge in [-0.25, -0.2) is 8.42 Å². The molecule has 2 unspecified atom stereocenters. The van der Waals surface area contributed by atoms with Crippen LogP contribution in [0.2, 0.25) is 0 Å². The highest BCUT2D eigenvalue weighted by Gasteiger charge is 2.31. The average Bonchev–Trinajstić information content (AvgIpc) is 2.44. The Bertz CT molecular complexity index is 307. The van der Waals surface area contributed by atoms with Gasteiger partial charge in [-0.15, -0.1) is 0 Å². The second kappa shape index (κ2) is 4.29. The van der Waals surface area contributed by atoms with Gasteiger partial charge >= 0.3 is 5.97 Å². The summed E-state index contributed by atoms with van der Waals surface area (Å²) in [5.74, 6) is -0.284. The van der Waals surface area contributed by atoms with Crippen LogP contribution in [0.4, 0.5) is 0 Å². The van der Waals surface area contributed by atoms with Crippen molar-refractivity contribution in [2.45, 2.75) is 32.8 Å². The second-order valence-corrected chi connectivity index (χ2v) is 6.00. The van der Waals surface area contributed by atoms with Gasteiger partial charge in [-0.3, -0.25) is 4.79 Å². The maximum Gasteiger partial charge on any atom is 0.308 e. The van der Waals surface area contributed by atoms with Gasteiger partial charge in [0.25, 0.3) is 0 Å². The Hall–Kier alpha value is -0.580. The Kier molecular flexibility index (Phi) is 3.53. The Morgan fingerprint density at radius 1 is 1.57 bits per heavy atom. The van der Waals surface area contributed by atoms with E-state index in [2.05, 4.69) is 0 Å². The highest BCUT2D eigenvalue weighted by atomic mass is 32.2. The molecule has 0 N–H and O–H groups in total. The van der Waals surface area contributed by atoms with Gasteiger partial charge in [0.2, 0.25) is 0 Å². The molecule has 5 heteroatoms. The fourth-order valence-electron chi connectivity index (χ4n) is 1.30. The van der Waals surface area contributed by atoms with Crippen LogP contribution >= 0.6 is 0 Å². The highest BCUT2D eigenvalue weighted by molar-refractivity contribution is 7.91. The summed E-state index contributed by atoms with van der Waals surface area (Å²) in [5.41, 5.74) is 0. The summed E-state index contributed by atoms with van der Waals surface area (Å²) in [7, 11) is -2.95. The lowest BCUT2D eigenvalue weighted by Crippen LogP contribution is -2.23. The van der Waals surface area contributed by atoms with Crippen molar-refractivity contribution in [2.24, 2.45) is 5.92 Å². The summed E-state index contributed by atoms with van der Waals surface area (Å²) in [6, 6.07) is 0. The third kappa shape index (κ3) is 2.97. The molecule has 1 fully saturated rings. The van der Waals surface area contributed by atoms with Crippen LogP contribution in [0.3, 0.4) is 0 Å². The smallest absolute Gasteiger partial charge is 0.308 e. The van der Waals surface area contributed by atoms with Gasteiger partial charge in [-0.05, 0) is 12.8 Å². The van der Waals surface area contributed by atoms with Gasteiger partial charge in [-0.2, -0.15) is 0 Å². The molecule has 2 atom stereocenters. The molecule has 0 bridgehead atoms. The molecule has 0 aromatic rings. The van der Waals surface area contributed by atoms with Crippen LogP contribution in [0.25, 0.3) is 0 Å². The number of esters is 1. The minimum absolute atomic E-state index is 0.00479. The molecular weight excluding hydrogens is 204 g/mol. The quantitative estimate of drug-likeness (QED) is 0.659. The Labute approximate surface area is 84.6 Å². The van der Waals surface area contributed by atoms with Gasteiger partial charge < -0.3 is 4.74 Å². The molecule has 0 aliphatic carbocycles. The number of rotatable bonds is 3. The molecule has 1 aliphatic heterocycles. The fraction of sp³-hybridized carbons (Fsp3) is 0.889. The molecule has 1 rings (SSSR count). The van der Waals surface area contributed by atoms with Gasteiger partial charge in [0, 0.05) is 0 Å². The van der Waals surface area contributed by atoms with E-state index in [1.54, 1.807) is 6.92 Å². The van der Waals surface area contributed by atoms with E-state index in [0.29, 0.717) is 6.42 Å². The predicted molar refractivity (Wildman–Crippen MR) is 52.6 cm³/mol. The fourth-order valence-corrected chi connectivity index (χ4v) is 2.89. The van der Waals surface area contributed by atoms with Crippen LogP contribution in [0.5, 0.6) is 0 Å². The zero-order valence-electron chi connectivity index (χ0n) is 8.52. The highest BCUT2D eigenvalue weighted by Crippen LogP contribution is 2.16. The molecular formula is C9H16O4S. The van der Waals surface area contributed by atoms with E-state index in [4.69, 9.17) is 4.74 Å². The second-order valence-electron chi connectivity index (χ2n) is 3.77. The van der Waals surface area contributed by atoms with Crippen molar-refractivity contribution in [2.75, 3.05) is 11.5 Å². The maximum atomic E-state index is 11.3. The first-order chi connectivity index (χ1) is 6.44. The number of ether oxygens (including phenoxy) is 1. The molecule has 0 amide bonds. The zero-order chi connectivity index (χ0) is 10.8. The van der Waals surface area contributed by atoms with Gasteiger partial charge in [-0.1, -0.05) is 13.8 Å². The summed E-state index contributed by atoms with van der Waals surface area (Å²) < 4.78 is 27.2. The lowest BCUT2D eigenvalue weighted by Gasteiger charge is -2.13. The van der Waals surface area contributed by atoms with Gasteiger partial charge in [0.1, 0.15) is 6.10 Å². The van der Waals surface area contributed by atoms with E-state index in [0.717, 1.165) is 6.42 Å². The largest absolute Gasteiger partial charge is 0.461 e. The van der Waals surface area contributed by atoms with Crippen molar-refractivity contribution < 1.29 is 17.9 Å². The number of hydrogen-bond donors (Lipinski definition) is 0. The van der Waals surface area contributed by atoms with E-state index in [9.17, 15) is 13.2 Å². The van der Waals surface area contributed by atoms with Crippen molar-refractivity contribution >= 4 is 15.8 Å². The number of hydrogen-bond acceptors (Lipinski definition) is 4. The summed E-state index contributed by atoms with van der Waals surface area (Å²) in [5, 5.41) is 0. The number of carbonyl (C=O) groups is 1. The molecule has 1 aliphatic rings. The third-order valence-corrected chi connectivity index (χ3v) is 4.23. The van der Waals surface area contributed by atoms with Gasteiger partial charge in [0.15, 0.2) is 9.84 Å². The molecule has 82 valence electrons. The first-order valence-electron chi connectivity index (χ1n) is 4.85. The Morgan fingerprint density at radius 3 is 2.64 bits per heavy atom. The average molecular weight is 220 g/mol. The molecule has 0 radical (unpaired) electrons. The summed E-state index contributed by atoms with van der Waals surface area (Å²) >= 11 is 0. The van der Waals surface area contributed by atoms with Crippen LogP contribution in [-0.4, -0.2) is 32.0 Å². The van der Waals surface area contributed by atoms with Crippen molar-refractivity contribution in [3.05, 3.63) is 0 Å². The maximum absolute atomic E-state index is 11.3. The first kappa shape index (κ1) is 11.5. The van der Waals surface area contributed by atoms with E-state index in [1.807, 2.05) is 6.92 Å². The Balaban J connectivity index is 2.44. The molecule has 1 heterocycles. The van der Waals surface area contributed by atoms with Crippen molar-refractivity contribution in [3.8, 4) is 0 Å². The van der Waals surface area contributed by atoms with E-state index >= 15 is 0 Å². The normalized spacial score (nSPS) is 27.1. The lowest BCUT2D eigenvalue weighted by molar-refractivity contribution is -0.152. The third-order valence-electron chi connectivity index (χ3n) is 2.49. The minimum atomic E-state index is -2.95. The number of sulfone groups is 1. The van der Waals surface area contributed by atoms with Gasteiger partial charge in [0.05, 0.1) is 17.4 Å². The lowest BCUT2D eigenvalue weighted by atomic mass is 10.1. The summed E-state index contributed by atoms with van der Waals surface area (Å²) in [6.07, 6.45) is 0.754. The predicted octanol–water partition coefficient (Wildman–Crippen LogP) is 0.763. The monoisotopic (exact) mass is 220 g/mol. The van der Waals surface area contributed by atoms with E-state index in [1.165, 1.54) is 0 Å². The Morgan fingerprint density at radius 2 is 2.21 bits per heavy atom. The van der Waals surface area contributed by atoms with Crippen LogP contribution in [0.1, 0.15) is 26.7 Å². The van der Waals surface area contributed by atoms with E-state index in [-0.39, 0.29) is 23.4 Å². The van der Waals surface area contributed by atoms with Crippen molar-refractivity contribution in [1.82, 2.24) is 0 Å².